The van der Waals surface area contributed by atoms with Gasteiger partial charge in [0.2, 0.25) is 0 Å². The molecular weight excluding hydrogens is 158 g/mol. The zero-order chi connectivity index (χ0) is 7.68. The van der Waals surface area contributed by atoms with Gasteiger partial charge in [0.1, 0.15) is 0 Å². The summed E-state index contributed by atoms with van der Waals surface area (Å²) in [5.74, 6) is 1.33. The first kappa shape index (κ1) is 7.90. The van der Waals surface area contributed by atoms with Crippen molar-refractivity contribution in [2.75, 3.05) is 19.0 Å². The summed E-state index contributed by atoms with van der Waals surface area (Å²) in [4.78, 5) is 0. The Labute approximate surface area is 72.1 Å². The standard InChI is InChI=1S/C8H15NOS/c1-6-8(2-3-11-6)9-7-4-10-5-7/h6-9H,2-5H2,1H3. The minimum Gasteiger partial charge on any atom is -0.378 e. The van der Waals surface area contributed by atoms with Gasteiger partial charge in [0.15, 0.2) is 0 Å². The molecule has 0 aliphatic carbocycles. The maximum atomic E-state index is 5.11. The molecule has 0 saturated carbocycles. The van der Waals surface area contributed by atoms with Crippen LogP contribution < -0.4 is 5.32 Å². The topological polar surface area (TPSA) is 21.3 Å². The van der Waals surface area contributed by atoms with Crippen LogP contribution in [0.1, 0.15) is 13.3 Å². The average Bonchev–Trinajstić information content (AvgIpc) is 2.27. The Hall–Kier alpha value is 0.270. The molecule has 0 aromatic heterocycles. The minimum atomic E-state index is 0.654. The second kappa shape index (κ2) is 3.33. The van der Waals surface area contributed by atoms with Gasteiger partial charge in [0.25, 0.3) is 0 Å². The molecule has 2 rings (SSSR count). The quantitative estimate of drug-likeness (QED) is 0.669. The van der Waals surface area contributed by atoms with Crippen LogP contribution in [0.25, 0.3) is 0 Å². The van der Waals surface area contributed by atoms with Crippen LogP contribution in [-0.4, -0.2) is 36.3 Å². The summed E-state index contributed by atoms with van der Waals surface area (Å²) >= 11 is 2.08. The first-order valence-electron chi connectivity index (χ1n) is 4.31. The molecule has 0 radical (unpaired) electrons. The third kappa shape index (κ3) is 1.71. The lowest BCUT2D eigenvalue weighted by Crippen LogP contribution is -2.51. The lowest BCUT2D eigenvalue weighted by molar-refractivity contribution is -0.00969. The molecule has 2 fully saturated rings. The van der Waals surface area contributed by atoms with Crippen molar-refractivity contribution in [1.29, 1.82) is 0 Å². The molecule has 0 spiro atoms. The Balaban J connectivity index is 1.75. The third-order valence-corrected chi connectivity index (χ3v) is 3.79. The van der Waals surface area contributed by atoms with Crippen molar-refractivity contribution in [3.05, 3.63) is 0 Å². The van der Waals surface area contributed by atoms with Gasteiger partial charge in [0, 0.05) is 11.3 Å². The van der Waals surface area contributed by atoms with Crippen LogP contribution in [0.3, 0.4) is 0 Å². The molecule has 2 saturated heterocycles. The van der Waals surface area contributed by atoms with Crippen molar-refractivity contribution < 1.29 is 4.74 Å². The van der Waals surface area contributed by atoms with E-state index in [9.17, 15) is 0 Å². The van der Waals surface area contributed by atoms with Gasteiger partial charge in [-0.15, -0.1) is 0 Å². The van der Waals surface area contributed by atoms with E-state index < -0.39 is 0 Å². The van der Waals surface area contributed by atoms with E-state index in [0.29, 0.717) is 6.04 Å². The van der Waals surface area contributed by atoms with Gasteiger partial charge in [-0.3, -0.25) is 0 Å². The number of nitrogens with one attached hydrogen (secondary N) is 1. The second-order valence-electron chi connectivity index (χ2n) is 3.37. The van der Waals surface area contributed by atoms with Gasteiger partial charge < -0.3 is 10.1 Å². The molecule has 2 aliphatic rings. The highest BCUT2D eigenvalue weighted by Gasteiger charge is 2.28. The van der Waals surface area contributed by atoms with Gasteiger partial charge in [-0.2, -0.15) is 11.8 Å². The monoisotopic (exact) mass is 173 g/mol. The number of rotatable bonds is 2. The maximum Gasteiger partial charge on any atom is 0.0643 e. The Morgan fingerprint density at radius 3 is 2.73 bits per heavy atom. The molecule has 64 valence electrons. The zero-order valence-electron chi connectivity index (χ0n) is 6.88. The zero-order valence-corrected chi connectivity index (χ0v) is 7.69. The summed E-state index contributed by atoms with van der Waals surface area (Å²) < 4.78 is 5.11. The van der Waals surface area contributed by atoms with Gasteiger partial charge in [-0.1, -0.05) is 6.92 Å². The summed E-state index contributed by atoms with van der Waals surface area (Å²) in [6, 6.07) is 1.40. The normalized spacial score (nSPS) is 39.0. The van der Waals surface area contributed by atoms with E-state index in [1.807, 2.05) is 0 Å². The number of hydrogen-bond donors (Lipinski definition) is 1. The highest BCUT2D eigenvalue weighted by atomic mass is 32.2. The molecular formula is C8H15NOS. The molecule has 2 aliphatic heterocycles. The Kier molecular flexibility index (Phi) is 2.39. The molecule has 2 nitrogen and oxygen atoms in total. The average molecular weight is 173 g/mol. The molecule has 0 bridgehead atoms. The van der Waals surface area contributed by atoms with Gasteiger partial charge in [-0.25, -0.2) is 0 Å². The van der Waals surface area contributed by atoms with Crippen molar-refractivity contribution in [2.45, 2.75) is 30.7 Å². The maximum absolute atomic E-state index is 5.11. The van der Waals surface area contributed by atoms with E-state index in [1.54, 1.807) is 0 Å². The number of hydrogen-bond acceptors (Lipinski definition) is 3. The highest BCUT2D eigenvalue weighted by molar-refractivity contribution is 8.00. The van der Waals surface area contributed by atoms with Crippen LogP contribution in [0.5, 0.6) is 0 Å². The lowest BCUT2D eigenvalue weighted by Gasteiger charge is -2.31. The molecule has 2 atom stereocenters. The van der Waals surface area contributed by atoms with Gasteiger partial charge in [0.05, 0.1) is 19.3 Å². The van der Waals surface area contributed by atoms with Crippen molar-refractivity contribution in [2.24, 2.45) is 0 Å². The number of ether oxygens (including phenoxy) is 1. The first-order valence-corrected chi connectivity index (χ1v) is 5.36. The summed E-state index contributed by atoms with van der Waals surface area (Å²) in [5.41, 5.74) is 0. The molecule has 2 heterocycles. The summed E-state index contributed by atoms with van der Waals surface area (Å²) in [6.45, 7) is 4.16. The largest absolute Gasteiger partial charge is 0.378 e. The molecule has 0 amide bonds. The van der Waals surface area contributed by atoms with Crippen LogP contribution in [-0.2, 0) is 4.74 Å². The smallest absolute Gasteiger partial charge is 0.0643 e. The summed E-state index contributed by atoms with van der Waals surface area (Å²) in [5, 5.41) is 4.42. The molecule has 3 heteroatoms. The van der Waals surface area contributed by atoms with Crippen LogP contribution >= 0.6 is 11.8 Å². The Bertz CT molecular complexity index is 138. The lowest BCUT2D eigenvalue weighted by atomic mass is 10.1. The van der Waals surface area contributed by atoms with Crippen molar-refractivity contribution >= 4 is 11.8 Å². The Morgan fingerprint density at radius 2 is 2.27 bits per heavy atom. The fourth-order valence-corrected chi connectivity index (χ4v) is 2.79. The van der Waals surface area contributed by atoms with Gasteiger partial charge in [-0.05, 0) is 12.2 Å². The SMILES string of the molecule is CC1SCCC1NC1COC1. The molecule has 2 unspecified atom stereocenters. The molecule has 11 heavy (non-hydrogen) atoms. The van der Waals surface area contributed by atoms with Crippen LogP contribution in [0.15, 0.2) is 0 Å². The van der Waals surface area contributed by atoms with Crippen molar-refractivity contribution in [3.63, 3.8) is 0 Å². The van der Waals surface area contributed by atoms with E-state index in [1.165, 1.54) is 12.2 Å². The van der Waals surface area contributed by atoms with Crippen molar-refractivity contribution in [1.82, 2.24) is 5.32 Å². The molecule has 0 aromatic rings. The highest BCUT2D eigenvalue weighted by Crippen LogP contribution is 2.26. The fourth-order valence-electron chi connectivity index (χ4n) is 1.59. The fraction of sp³-hybridized carbons (Fsp3) is 1.00. The van der Waals surface area contributed by atoms with E-state index in [-0.39, 0.29) is 0 Å². The van der Waals surface area contributed by atoms with E-state index in [0.717, 1.165) is 24.5 Å². The number of thioether (sulfide) groups is 1. The first-order chi connectivity index (χ1) is 5.36. The van der Waals surface area contributed by atoms with E-state index >= 15 is 0 Å². The van der Waals surface area contributed by atoms with Crippen LogP contribution in [0, 0.1) is 0 Å². The van der Waals surface area contributed by atoms with Crippen LogP contribution in [0.2, 0.25) is 0 Å². The second-order valence-corrected chi connectivity index (χ2v) is 4.86. The third-order valence-electron chi connectivity index (χ3n) is 2.46. The van der Waals surface area contributed by atoms with Gasteiger partial charge >= 0.3 is 0 Å². The van der Waals surface area contributed by atoms with E-state index in [4.69, 9.17) is 4.74 Å². The predicted molar refractivity (Wildman–Crippen MR) is 48.1 cm³/mol. The minimum absolute atomic E-state index is 0.654. The predicted octanol–water partition coefficient (Wildman–Crippen LogP) is 0.869. The van der Waals surface area contributed by atoms with E-state index in [2.05, 4.69) is 24.0 Å². The summed E-state index contributed by atoms with van der Waals surface area (Å²) in [7, 11) is 0. The molecule has 1 N–H and O–H groups in total. The summed E-state index contributed by atoms with van der Waals surface area (Å²) in [6.07, 6.45) is 1.34. The van der Waals surface area contributed by atoms with Crippen molar-refractivity contribution in [3.8, 4) is 0 Å². The Morgan fingerprint density at radius 1 is 1.45 bits per heavy atom. The van der Waals surface area contributed by atoms with Crippen LogP contribution in [0.4, 0.5) is 0 Å². The molecule has 0 aromatic carbocycles.